The number of hydrogen-bond acceptors (Lipinski definition) is 2. The van der Waals surface area contributed by atoms with Crippen LogP contribution >= 0.6 is 24.0 Å². The Morgan fingerprint density at radius 2 is 2.09 bits per heavy atom. The van der Waals surface area contributed by atoms with Crippen molar-refractivity contribution in [3.05, 3.63) is 29.3 Å². The van der Waals surface area contributed by atoms with Crippen LogP contribution in [0.3, 0.4) is 0 Å². The fourth-order valence-electron chi connectivity index (χ4n) is 2.49. The lowest BCUT2D eigenvalue weighted by atomic mass is 10.1. The second-order valence-electron chi connectivity index (χ2n) is 6.02. The van der Waals surface area contributed by atoms with Gasteiger partial charge >= 0.3 is 0 Å². The van der Waals surface area contributed by atoms with E-state index in [2.05, 4.69) is 47.7 Å². The van der Waals surface area contributed by atoms with Crippen molar-refractivity contribution in [2.24, 2.45) is 10.9 Å². The van der Waals surface area contributed by atoms with E-state index in [9.17, 15) is 0 Å². The minimum absolute atomic E-state index is 0. The summed E-state index contributed by atoms with van der Waals surface area (Å²) in [5.74, 6) is 2.80. The Hall–Kier alpha value is -0.980. The van der Waals surface area contributed by atoms with Crippen molar-refractivity contribution in [1.82, 2.24) is 10.6 Å². The number of nitrogens with one attached hydrogen (secondary N) is 2. The van der Waals surface area contributed by atoms with Gasteiger partial charge in [0.2, 0.25) is 0 Å². The minimum atomic E-state index is 0. The van der Waals surface area contributed by atoms with E-state index >= 15 is 0 Å². The number of benzene rings is 1. The Labute approximate surface area is 157 Å². The molecule has 1 saturated carbocycles. The van der Waals surface area contributed by atoms with Crippen molar-refractivity contribution >= 4 is 29.9 Å². The standard InChI is InChI=1S/C18H29N3O.HI/c1-4-19-18(20-11-5-6-15-8-9-15)21-13-16-10-7-14(2)12-17(16)22-3;/h7,10,12,15H,4-6,8-9,11,13H2,1-3H3,(H2,19,20,21);1H. The van der Waals surface area contributed by atoms with Crippen molar-refractivity contribution < 1.29 is 4.74 Å². The number of nitrogens with zero attached hydrogens (tertiary/aromatic N) is 1. The van der Waals surface area contributed by atoms with Crippen molar-refractivity contribution in [2.75, 3.05) is 20.2 Å². The third kappa shape index (κ3) is 7.42. The summed E-state index contributed by atoms with van der Waals surface area (Å²) in [5.41, 5.74) is 2.32. The molecule has 0 heterocycles. The van der Waals surface area contributed by atoms with E-state index < -0.39 is 0 Å². The van der Waals surface area contributed by atoms with Gasteiger partial charge in [0.1, 0.15) is 5.75 Å². The molecule has 0 radical (unpaired) electrons. The highest BCUT2D eigenvalue weighted by atomic mass is 127. The van der Waals surface area contributed by atoms with Crippen molar-refractivity contribution in [3.63, 3.8) is 0 Å². The summed E-state index contributed by atoms with van der Waals surface area (Å²) in [7, 11) is 1.71. The van der Waals surface area contributed by atoms with Crippen LogP contribution in [-0.4, -0.2) is 26.2 Å². The van der Waals surface area contributed by atoms with Crippen LogP contribution in [-0.2, 0) is 6.54 Å². The lowest BCUT2D eigenvalue weighted by molar-refractivity contribution is 0.409. The van der Waals surface area contributed by atoms with Gasteiger partial charge in [-0.25, -0.2) is 4.99 Å². The van der Waals surface area contributed by atoms with Crippen LogP contribution in [0.2, 0.25) is 0 Å². The number of ether oxygens (including phenoxy) is 1. The number of halogens is 1. The first kappa shape index (κ1) is 20.1. The third-order valence-electron chi connectivity index (χ3n) is 3.97. The number of methoxy groups -OCH3 is 1. The molecule has 2 N–H and O–H groups in total. The predicted octanol–water partition coefficient (Wildman–Crippen LogP) is 3.87. The first-order valence-corrected chi connectivity index (χ1v) is 8.38. The number of hydrogen-bond donors (Lipinski definition) is 2. The molecule has 5 heteroatoms. The Bertz CT molecular complexity index is 501. The van der Waals surface area contributed by atoms with Crippen LogP contribution in [0, 0.1) is 12.8 Å². The molecule has 0 unspecified atom stereocenters. The third-order valence-corrected chi connectivity index (χ3v) is 3.97. The first-order chi connectivity index (χ1) is 10.7. The molecule has 0 bridgehead atoms. The quantitative estimate of drug-likeness (QED) is 0.284. The van der Waals surface area contributed by atoms with Crippen LogP contribution in [0.5, 0.6) is 5.75 Å². The average Bonchev–Trinajstić information content (AvgIpc) is 3.34. The van der Waals surface area contributed by atoms with Crippen LogP contribution in [0.25, 0.3) is 0 Å². The Kier molecular flexibility index (Phi) is 9.36. The second kappa shape index (κ2) is 10.7. The van der Waals surface area contributed by atoms with Gasteiger partial charge in [-0.1, -0.05) is 25.0 Å². The molecule has 4 nitrogen and oxygen atoms in total. The largest absolute Gasteiger partial charge is 0.496 e. The molecule has 0 aromatic heterocycles. The summed E-state index contributed by atoms with van der Waals surface area (Å²) in [5, 5.41) is 6.72. The van der Waals surface area contributed by atoms with E-state index in [0.717, 1.165) is 36.3 Å². The second-order valence-corrected chi connectivity index (χ2v) is 6.02. The molecule has 0 saturated heterocycles. The van der Waals surface area contributed by atoms with Crippen molar-refractivity contribution in [3.8, 4) is 5.75 Å². The molecule has 23 heavy (non-hydrogen) atoms. The molecule has 1 aliphatic rings. The molecule has 130 valence electrons. The van der Waals surface area contributed by atoms with Gasteiger partial charge in [-0.2, -0.15) is 0 Å². The van der Waals surface area contributed by atoms with Gasteiger partial charge < -0.3 is 15.4 Å². The smallest absolute Gasteiger partial charge is 0.191 e. The van der Waals surface area contributed by atoms with E-state index in [4.69, 9.17) is 4.74 Å². The van der Waals surface area contributed by atoms with Gasteiger partial charge in [0.25, 0.3) is 0 Å². The lowest BCUT2D eigenvalue weighted by Gasteiger charge is -2.12. The Morgan fingerprint density at radius 3 is 2.74 bits per heavy atom. The molecule has 1 aromatic rings. The molecule has 1 aromatic carbocycles. The highest BCUT2D eigenvalue weighted by Crippen LogP contribution is 2.33. The average molecular weight is 431 g/mol. The zero-order chi connectivity index (χ0) is 15.8. The maximum Gasteiger partial charge on any atom is 0.191 e. The molecule has 2 rings (SSSR count). The van der Waals surface area contributed by atoms with E-state index in [1.54, 1.807) is 7.11 Å². The lowest BCUT2D eigenvalue weighted by Crippen LogP contribution is -2.37. The molecule has 1 fully saturated rings. The fraction of sp³-hybridized carbons (Fsp3) is 0.611. The molecular formula is C18H30IN3O. The summed E-state index contributed by atoms with van der Waals surface area (Å²) >= 11 is 0. The van der Waals surface area contributed by atoms with Gasteiger partial charge in [-0.15, -0.1) is 24.0 Å². The Morgan fingerprint density at radius 1 is 1.30 bits per heavy atom. The van der Waals surface area contributed by atoms with Crippen LogP contribution in [0.15, 0.2) is 23.2 Å². The molecule has 0 atom stereocenters. The highest BCUT2D eigenvalue weighted by molar-refractivity contribution is 14.0. The molecule has 1 aliphatic carbocycles. The Balaban J connectivity index is 0.00000264. The summed E-state index contributed by atoms with van der Waals surface area (Å²) in [6.45, 7) is 6.66. The highest BCUT2D eigenvalue weighted by Gasteiger charge is 2.19. The monoisotopic (exact) mass is 431 g/mol. The number of rotatable bonds is 8. The SMILES string of the molecule is CCNC(=NCc1ccc(C)cc1OC)NCCCC1CC1.I. The molecule has 0 aliphatic heterocycles. The molecular weight excluding hydrogens is 401 g/mol. The maximum absolute atomic E-state index is 5.44. The first-order valence-electron chi connectivity index (χ1n) is 8.38. The molecule has 0 spiro atoms. The van der Waals surface area contributed by atoms with Crippen molar-refractivity contribution in [1.29, 1.82) is 0 Å². The summed E-state index contributed by atoms with van der Waals surface area (Å²) in [6, 6.07) is 6.25. The van der Waals surface area contributed by atoms with Gasteiger partial charge in [-0.05, 0) is 44.2 Å². The van der Waals surface area contributed by atoms with Gasteiger partial charge in [0.15, 0.2) is 5.96 Å². The summed E-state index contributed by atoms with van der Waals surface area (Å²) in [6.07, 6.45) is 5.43. The van der Waals surface area contributed by atoms with Gasteiger partial charge in [-0.3, -0.25) is 0 Å². The minimum Gasteiger partial charge on any atom is -0.496 e. The summed E-state index contributed by atoms with van der Waals surface area (Å²) < 4.78 is 5.44. The van der Waals surface area contributed by atoms with Gasteiger partial charge in [0, 0.05) is 18.7 Å². The van der Waals surface area contributed by atoms with Crippen molar-refractivity contribution in [2.45, 2.75) is 46.1 Å². The summed E-state index contributed by atoms with van der Waals surface area (Å²) in [4.78, 5) is 4.67. The van der Waals surface area contributed by atoms with E-state index in [0.29, 0.717) is 6.54 Å². The van der Waals surface area contributed by atoms with E-state index in [1.807, 2.05) is 0 Å². The number of aliphatic imine (C=N–C) groups is 1. The predicted molar refractivity (Wildman–Crippen MR) is 108 cm³/mol. The van der Waals surface area contributed by atoms with Crippen LogP contribution < -0.4 is 15.4 Å². The van der Waals surface area contributed by atoms with Gasteiger partial charge in [0.05, 0.1) is 13.7 Å². The van der Waals surface area contributed by atoms with E-state index in [-0.39, 0.29) is 24.0 Å². The fourth-order valence-corrected chi connectivity index (χ4v) is 2.49. The number of aryl methyl sites for hydroxylation is 1. The van der Waals surface area contributed by atoms with Crippen LogP contribution in [0.1, 0.15) is 43.7 Å². The maximum atomic E-state index is 5.44. The van der Waals surface area contributed by atoms with E-state index in [1.165, 1.54) is 31.2 Å². The normalized spacial score (nSPS) is 14.1. The number of guanidine groups is 1. The molecule has 0 amide bonds. The zero-order valence-electron chi connectivity index (χ0n) is 14.5. The topological polar surface area (TPSA) is 45.7 Å². The zero-order valence-corrected chi connectivity index (χ0v) is 16.9. The van der Waals surface area contributed by atoms with Crippen LogP contribution in [0.4, 0.5) is 0 Å².